The second kappa shape index (κ2) is 10.4. The SMILES string of the molecule is COc1ccc(CCO[C@H]2CCCC[C@@H]2N2CC[C@@H](O)C2)cc1OC.Cl. The zero-order valence-corrected chi connectivity index (χ0v) is 16.7. The van der Waals surface area contributed by atoms with Crippen molar-refractivity contribution in [2.24, 2.45) is 0 Å². The molecular formula is C20H32ClNO4. The molecule has 0 spiro atoms. The van der Waals surface area contributed by atoms with E-state index in [1.807, 2.05) is 12.1 Å². The van der Waals surface area contributed by atoms with Crippen molar-refractivity contribution in [1.29, 1.82) is 0 Å². The minimum absolute atomic E-state index is 0. The van der Waals surface area contributed by atoms with Gasteiger partial charge in [-0.15, -0.1) is 12.4 Å². The molecule has 1 aliphatic heterocycles. The summed E-state index contributed by atoms with van der Waals surface area (Å²) in [6.07, 6.45) is 6.73. The van der Waals surface area contributed by atoms with Gasteiger partial charge in [-0.2, -0.15) is 0 Å². The van der Waals surface area contributed by atoms with Gasteiger partial charge in [-0.05, 0) is 43.4 Å². The number of methoxy groups -OCH3 is 2. The summed E-state index contributed by atoms with van der Waals surface area (Å²) in [4.78, 5) is 2.44. The average Bonchev–Trinajstić information content (AvgIpc) is 3.08. The van der Waals surface area contributed by atoms with Crippen LogP contribution >= 0.6 is 12.4 Å². The maximum Gasteiger partial charge on any atom is 0.160 e. The Morgan fingerprint density at radius 1 is 1.08 bits per heavy atom. The fraction of sp³-hybridized carbons (Fsp3) is 0.700. The Balaban J connectivity index is 0.00000243. The molecule has 0 amide bonds. The fourth-order valence-corrected chi connectivity index (χ4v) is 4.12. The standard InChI is InChI=1S/C20H31NO4.ClH/c1-23-19-8-7-15(13-20(19)24-2)10-12-25-18-6-4-3-5-17(18)21-11-9-16(22)14-21;/h7-8,13,16-18,22H,3-6,9-12,14H2,1-2H3;1H/t16-,17+,18+;/m1./s1. The molecule has 1 heterocycles. The number of likely N-dealkylation sites (tertiary alicyclic amines) is 1. The van der Waals surface area contributed by atoms with E-state index >= 15 is 0 Å². The Morgan fingerprint density at radius 3 is 2.54 bits per heavy atom. The van der Waals surface area contributed by atoms with E-state index in [9.17, 15) is 5.11 Å². The van der Waals surface area contributed by atoms with E-state index in [4.69, 9.17) is 14.2 Å². The van der Waals surface area contributed by atoms with Crippen LogP contribution in [0.2, 0.25) is 0 Å². The van der Waals surface area contributed by atoms with Gasteiger partial charge in [0.05, 0.1) is 33.0 Å². The highest BCUT2D eigenvalue weighted by Crippen LogP contribution is 2.30. The lowest BCUT2D eigenvalue weighted by Gasteiger charge is -2.37. The predicted octanol–water partition coefficient (Wildman–Crippen LogP) is 3.06. The second-order valence-electron chi connectivity index (χ2n) is 7.14. The fourth-order valence-electron chi connectivity index (χ4n) is 4.12. The number of benzene rings is 1. The first kappa shape index (κ1) is 21.3. The number of rotatable bonds is 7. The van der Waals surface area contributed by atoms with Gasteiger partial charge in [0.1, 0.15) is 0 Å². The molecule has 0 unspecified atom stereocenters. The van der Waals surface area contributed by atoms with Gasteiger partial charge in [-0.25, -0.2) is 0 Å². The van der Waals surface area contributed by atoms with E-state index in [1.54, 1.807) is 14.2 Å². The van der Waals surface area contributed by atoms with Crippen LogP contribution in [0.15, 0.2) is 18.2 Å². The molecule has 1 aromatic rings. The summed E-state index contributed by atoms with van der Waals surface area (Å²) in [6, 6.07) is 6.51. The molecule has 6 heteroatoms. The van der Waals surface area contributed by atoms with Crippen LogP contribution in [0.3, 0.4) is 0 Å². The Kier molecular flexibility index (Phi) is 8.48. The Morgan fingerprint density at radius 2 is 1.85 bits per heavy atom. The summed E-state index contributed by atoms with van der Waals surface area (Å²) in [5.74, 6) is 1.52. The van der Waals surface area contributed by atoms with Crippen molar-refractivity contribution in [3.63, 3.8) is 0 Å². The second-order valence-corrected chi connectivity index (χ2v) is 7.14. The zero-order chi connectivity index (χ0) is 17.6. The van der Waals surface area contributed by atoms with Crippen LogP contribution in [0.1, 0.15) is 37.7 Å². The highest BCUT2D eigenvalue weighted by Gasteiger charge is 2.34. The molecule has 1 aromatic carbocycles. The van der Waals surface area contributed by atoms with Crippen LogP contribution in [-0.4, -0.2) is 62.2 Å². The van der Waals surface area contributed by atoms with Gasteiger partial charge < -0.3 is 19.3 Å². The molecule has 2 aliphatic rings. The first-order valence-electron chi connectivity index (χ1n) is 9.46. The van der Waals surface area contributed by atoms with E-state index in [0.717, 1.165) is 43.9 Å². The number of β-amino-alcohol motifs (C(OH)–C–C–N with tert-alkyl or cyclic N) is 1. The van der Waals surface area contributed by atoms with E-state index < -0.39 is 0 Å². The Bertz CT molecular complexity index is 557. The Labute approximate surface area is 163 Å². The summed E-state index contributed by atoms with van der Waals surface area (Å²) in [7, 11) is 3.31. The summed E-state index contributed by atoms with van der Waals surface area (Å²) in [6.45, 7) is 2.52. The van der Waals surface area contributed by atoms with Crippen LogP contribution < -0.4 is 9.47 Å². The lowest BCUT2D eigenvalue weighted by Crippen LogP contribution is -2.46. The van der Waals surface area contributed by atoms with Crippen molar-refractivity contribution < 1.29 is 19.3 Å². The van der Waals surface area contributed by atoms with Crippen LogP contribution in [0, 0.1) is 0 Å². The maximum absolute atomic E-state index is 9.83. The lowest BCUT2D eigenvalue weighted by molar-refractivity contribution is -0.0316. The molecular weight excluding hydrogens is 354 g/mol. The number of halogens is 1. The van der Waals surface area contributed by atoms with E-state index in [0.29, 0.717) is 18.8 Å². The van der Waals surface area contributed by atoms with Gasteiger partial charge in [-0.3, -0.25) is 4.90 Å². The quantitative estimate of drug-likeness (QED) is 0.781. The zero-order valence-electron chi connectivity index (χ0n) is 15.9. The number of hydrogen-bond donors (Lipinski definition) is 1. The first-order valence-corrected chi connectivity index (χ1v) is 9.46. The molecule has 1 N–H and O–H groups in total. The number of aliphatic hydroxyl groups is 1. The lowest BCUT2D eigenvalue weighted by atomic mass is 9.91. The molecule has 2 fully saturated rings. The monoisotopic (exact) mass is 385 g/mol. The van der Waals surface area contributed by atoms with E-state index in [1.165, 1.54) is 24.8 Å². The number of aliphatic hydroxyl groups excluding tert-OH is 1. The molecule has 0 aromatic heterocycles. The minimum atomic E-state index is -0.158. The third kappa shape index (κ3) is 5.26. The van der Waals surface area contributed by atoms with Crippen molar-refractivity contribution in [2.45, 2.75) is 56.8 Å². The topological polar surface area (TPSA) is 51.2 Å². The predicted molar refractivity (Wildman–Crippen MR) is 105 cm³/mol. The van der Waals surface area contributed by atoms with Gasteiger partial charge in [0, 0.05) is 19.1 Å². The van der Waals surface area contributed by atoms with Gasteiger partial charge in [-0.1, -0.05) is 18.9 Å². The minimum Gasteiger partial charge on any atom is -0.493 e. The number of hydrogen-bond acceptors (Lipinski definition) is 5. The van der Waals surface area contributed by atoms with Crippen LogP contribution in [-0.2, 0) is 11.2 Å². The van der Waals surface area contributed by atoms with Crippen molar-refractivity contribution in [2.75, 3.05) is 33.9 Å². The molecule has 1 aliphatic carbocycles. The molecule has 5 nitrogen and oxygen atoms in total. The molecule has 0 bridgehead atoms. The van der Waals surface area contributed by atoms with E-state index in [2.05, 4.69) is 11.0 Å². The van der Waals surface area contributed by atoms with Crippen molar-refractivity contribution in [3.8, 4) is 11.5 Å². The van der Waals surface area contributed by atoms with Crippen molar-refractivity contribution in [3.05, 3.63) is 23.8 Å². The molecule has 26 heavy (non-hydrogen) atoms. The molecule has 148 valence electrons. The van der Waals surface area contributed by atoms with Gasteiger partial charge in [0.25, 0.3) is 0 Å². The summed E-state index contributed by atoms with van der Waals surface area (Å²) in [5, 5.41) is 9.83. The normalized spacial score (nSPS) is 26.3. The number of nitrogens with zero attached hydrogens (tertiary/aromatic N) is 1. The molecule has 1 saturated heterocycles. The molecule has 3 atom stereocenters. The van der Waals surface area contributed by atoms with Crippen LogP contribution in [0.5, 0.6) is 11.5 Å². The Hall–Kier alpha value is -1.01. The largest absolute Gasteiger partial charge is 0.493 e. The highest BCUT2D eigenvalue weighted by molar-refractivity contribution is 5.85. The first-order chi connectivity index (χ1) is 12.2. The smallest absolute Gasteiger partial charge is 0.160 e. The average molecular weight is 386 g/mol. The third-order valence-electron chi connectivity index (χ3n) is 5.50. The summed E-state index contributed by atoms with van der Waals surface area (Å²) in [5.41, 5.74) is 1.20. The maximum atomic E-state index is 9.83. The van der Waals surface area contributed by atoms with Gasteiger partial charge in [0.15, 0.2) is 11.5 Å². The molecule has 1 saturated carbocycles. The number of ether oxygens (including phenoxy) is 3. The summed E-state index contributed by atoms with van der Waals surface area (Å²) < 4.78 is 16.9. The van der Waals surface area contributed by atoms with Crippen LogP contribution in [0.4, 0.5) is 0 Å². The third-order valence-corrected chi connectivity index (χ3v) is 5.50. The van der Waals surface area contributed by atoms with Gasteiger partial charge >= 0.3 is 0 Å². The highest BCUT2D eigenvalue weighted by atomic mass is 35.5. The van der Waals surface area contributed by atoms with Crippen molar-refractivity contribution >= 4 is 12.4 Å². The summed E-state index contributed by atoms with van der Waals surface area (Å²) >= 11 is 0. The van der Waals surface area contributed by atoms with E-state index in [-0.39, 0.29) is 18.5 Å². The molecule has 3 rings (SSSR count). The van der Waals surface area contributed by atoms with Crippen LogP contribution in [0.25, 0.3) is 0 Å². The molecule has 0 radical (unpaired) electrons. The van der Waals surface area contributed by atoms with Gasteiger partial charge in [0.2, 0.25) is 0 Å². The van der Waals surface area contributed by atoms with Crippen molar-refractivity contribution in [1.82, 2.24) is 4.90 Å².